The molecule has 0 fully saturated rings. The Morgan fingerprint density at radius 3 is 1.10 bits per heavy atom. The van der Waals surface area contributed by atoms with Gasteiger partial charge in [-0.3, -0.25) is 4.79 Å². The number of aliphatic carboxylic acids is 1. The van der Waals surface area contributed by atoms with Gasteiger partial charge >= 0.3 is 0 Å². The monoisotopic (exact) mass is 304 g/mol. The third-order valence-corrected chi connectivity index (χ3v) is 3.15. The van der Waals surface area contributed by atoms with Gasteiger partial charge in [-0.05, 0) is 19.3 Å². The zero-order chi connectivity index (χ0) is 16.9. The van der Waals surface area contributed by atoms with Crippen LogP contribution in [-0.2, 0) is 4.79 Å². The second kappa shape index (κ2) is 24.4. The molecule has 2 N–H and O–H groups in total. The first-order chi connectivity index (χ1) is 9.99. The third kappa shape index (κ3) is 38.2. The van der Waals surface area contributed by atoms with Crippen LogP contribution in [-0.4, -0.2) is 30.7 Å². The van der Waals surface area contributed by atoms with Crippen LogP contribution in [0.25, 0.3) is 0 Å². The van der Waals surface area contributed by atoms with Gasteiger partial charge in [0.25, 0.3) is 5.97 Å². The maximum Gasteiger partial charge on any atom is 0.300 e. The Hall–Kier alpha value is -0.570. The molecule has 0 atom stereocenters. The van der Waals surface area contributed by atoms with Crippen molar-refractivity contribution in [2.75, 3.05) is 19.6 Å². The number of hydrogen-bond acceptors (Lipinski definition) is 1. The molecule has 0 aliphatic rings. The van der Waals surface area contributed by atoms with Crippen molar-refractivity contribution in [2.45, 2.75) is 92.9 Å². The average Bonchev–Trinajstić information content (AvgIpc) is 2.46. The Morgan fingerprint density at radius 1 is 0.714 bits per heavy atom. The van der Waals surface area contributed by atoms with Crippen molar-refractivity contribution in [1.29, 1.82) is 0 Å². The molecule has 130 valence electrons. The standard InChI is InChI=1S/C12H27N.C4H10.C2H4O2/c1-4-7-10-13(11-8-5-2)12-9-6-3;1-3-4-2;1-2(3)4/h4-12H2,1-3H3;3-4H2,1-2H3;1H3,(H,3,4)/p+1. The second-order valence-electron chi connectivity index (χ2n) is 5.58. The second-order valence-corrected chi connectivity index (χ2v) is 5.58. The predicted molar refractivity (Wildman–Crippen MR) is 94.2 cm³/mol. The van der Waals surface area contributed by atoms with Gasteiger partial charge in [0.05, 0.1) is 19.6 Å². The van der Waals surface area contributed by atoms with E-state index in [1.165, 1.54) is 71.0 Å². The molecule has 0 amide bonds. The first-order valence-corrected chi connectivity index (χ1v) is 9.02. The van der Waals surface area contributed by atoms with Gasteiger partial charge in [0, 0.05) is 6.92 Å². The van der Waals surface area contributed by atoms with Crippen molar-refractivity contribution in [3.63, 3.8) is 0 Å². The minimum atomic E-state index is -0.833. The fourth-order valence-corrected chi connectivity index (χ4v) is 1.66. The lowest BCUT2D eigenvalue weighted by Crippen LogP contribution is -3.12. The summed E-state index contributed by atoms with van der Waals surface area (Å²) >= 11 is 0. The van der Waals surface area contributed by atoms with Crippen LogP contribution in [0.4, 0.5) is 0 Å². The number of carboxylic acids is 1. The fourth-order valence-electron chi connectivity index (χ4n) is 1.66. The zero-order valence-corrected chi connectivity index (χ0v) is 15.6. The topological polar surface area (TPSA) is 41.7 Å². The quantitative estimate of drug-likeness (QED) is 0.636. The summed E-state index contributed by atoms with van der Waals surface area (Å²) in [5.41, 5.74) is 0. The Labute approximate surface area is 134 Å². The summed E-state index contributed by atoms with van der Waals surface area (Å²) in [6.45, 7) is 16.5. The van der Waals surface area contributed by atoms with Crippen molar-refractivity contribution in [1.82, 2.24) is 0 Å². The van der Waals surface area contributed by atoms with Crippen molar-refractivity contribution in [3.8, 4) is 0 Å². The zero-order valence-electron chi connectivity index (χ0n) is 15.6. The Balaban J connectivity index is -0.000000334. The minimum Gasteiger partial charge on any atom is -0.481 e. The van der Waals surface area contributed by atoms with E-state index in [1.54, 1.807) is 0 Å². The van der Waals surface area contributed by atoms with E-state index >= 15 is 0 Å². The number of hydrogen-bond donors (Lipinski definition) is 2. The number of carbonyl (C=O) groups is 1. The molecular formula is C18H42NO2+. The van der Waals surface area contributed by atoms with Gasteiger partial charge in [-0.25, -0.2) is 0 Å². The highest BCUT2D eigenvalue weighted by molar-refractivity contribution is 5.62. The summed E-state index contributed by atoms with van der Waals surface area (Å²) in [5.74, 6) is -0.833. The predicted octanol–water partition coefficient (Wildman–Crippen LogP) is 4.17. The van der Waals surface area contributed by atoms with Crippen molar-refractivity contribution in [3.05, 3.63) is 0 Å². The van der Waals surface area contributed by atoms with Crippen LogP contribution in [0.3, 0.4) is 0 Å². The van der Waals surface area contributed by atoms with E-state index in [0.717, 1.165) is 6.92 Å². The maximum atomic E-state index is 9.00. The van der Waals surface area contributed by atoms with Crippen LogP contribution < -0.4 is 4.90 Å². The van der Waals surface area contributed by atoms with Gasteiger partial charge in [0.1, 0.15) is 0 Å². The first-order valence-electron chi connectivity index (χ1n) is 9.02. The molecule has 0 unspecified atom stereocenters. The van der Waals surface area contributed by atoms with Crippen LogP contribution >= 0.6 is 0 Å². The van der Waals surface area contributed by atoms with Gasteiger partial charge in [-0.1, -0.05) is 66.7 Å². The van der Waals surface area contributed by atoms with E-state index in [9.17, 15) is 0 Å². The van der Waals surface area contributed by atoms with E-state index in [1.807, 2.05) is 4.90 Å². The van der Waals surface area contributed by atoms with Crippen molar-refractivity contribution >= 4 is 5.97 Å². The summed E-state index contributed by atoms with van der Waals surface area (Å²) in [6, 6.07) is 0. The molecule has 0 aromatic rings. The minimum absolute atomic E-state index is 0.833. The summed E-state index contributed by atoms with van der Waals surface area (Å²) < 4.78 is 0. The molecule has 0 saturated heterocycles. The lowest BCUT2D eigenvalue weighted by atomic mass is 10.2. The van der Waals surface area contributed by atoms with Gasteiger partial charge in [-0.2, -0.15) is 0 Å². The van der Waals surface area contributed by atoms with E-state index < -0.39 is 5.97 Å². The van der Waals surface area contributed by atoms with E-state index in [0.29, 0.717) is 0 Å². The van der Waals surface area contributed by atoms with Crippen molar-refractivity contribution in [2.24, 2.45) is 0 Å². The Morgan fingerprint density at radius 2 is 0.952 bits per heavy atom. The van der Waals surface area contributed by atoms with Crippen LogP contribution in [0.15, 0.2) is 0 Å². The molecule has 0 rings (SSSR count). The highest BCUT2D eigenvalue weighted by Crippen LogP contribution is 1.85. The molecule has 0 heterocycles. The molecule has 21 heavy (non-hydrogen) atoms. The molecule has 3 nitrogen and oxygen atoms in total. The molecule has 0 aromatic carbocycles. The molecule has 0 aliphatic carbocycles. The highest BCUT2D eigenvalue weighted by atomic mass is 16.4. The van der Waals surface area contributed by atoms with Gasteiger partial charge in [0.2, 0.25) is 0 Å². The lowest BCUT2D eigenvalue weighted by Gasteiger charge is -2.18. The molecule has 0 saturated carbocycles. The molecule has 0 radical (unpaired) electrons. The Kier molecular flexibility index (Phi) is 29.6. The summed E-state index contributed by atoms with van der Waals surface area (Å²) in [6.07, 6.45) is 10.9. The molecule has 0 bridgehead atoms. The van der Waals surface area contributed by atoms with E-state index in [2.05, 4.69) is 34.6 Å². The molecule has 3 heteroatoms. The largest absolute Gasteiger partial charge is 0.481 e. The van der Waals surface area contributed by atoms with E-state index in [-0.39, 0.29) is 0 Å². The maximum absolute atomic E-state index is 9.00. The smallest absolute Gasteiger partial charge is 0.300 e. The van der Waals surface area contributed by atoms with Crippen LogP contribution in [0.2, 0.25) is 0 Å². The van der Waals surface area contributed by atoms with E-state index in [4.69, 9.17) is 9.90 Å². The number of unbranched alkanes of at least 4 members (excludes halogenated alkanes) is 4. The van der Waals surface area contributed by atoms with Crippen LogP contribution in [0, 0.1) is 0 Å². The molecule has 0 spiro atoms. The molecule has 0 aliphatic heterocycles. The summed E-state index contributed by atoms with van der Waals surface area (Å²) in [7, 11) is 0. The molecular weight excluding hydrogens is 262 g/mol. The Bertz CT molecular complexity index is 159. The SMILES string of the molecule is CC(=O)O.CCCC.CCCC[NH+](CCCC)CCCC. The van der Waals surface area contributed by atoms with Crippen molar-refractivity contribution < 1.29 is 14.8 Å². The van der Waals surface area contributed by atoms with Crippen LogP contribution in [0.1, 0.15) is 92.9 Å². The first kappa shape index (κ1) is 25.4. The van der Waals surface area contributed by atoms with Gasteiger partial charge in [0.15, 0.2) is 0 Å². The normalized spacial score (nSPS) is 9.48. The lowest BCUT2D eigenvalue weighted by molar-refractivity contribution is -0.900. The number of quaternary nitrogens is 1. The summed E-state index contributed by atoms with van der Waals surface area (Å²) in [5, 5.41) is 7.42. The number of carboxylic acid groups (broad SMARTS) is 1. The number of nitrogens with one attached hydrogen (secondary N) is 1. The summed E-state index contributed by atoms with van der Waals surface area (Å²) in [4.78, 5) is 10.8. The average molecular weight is 305 g/mol. The van der Waals surface area contributed by atoms with Gasteiger partial charge in [-0.15, -0.1) is 0 Å². The number of rotatable bonds is 10. The van der Waals surface area contributed by atoms with Crippen LogP contribution in [0.5, 0.6) is 0 Å². The highest BCUT2D eigenvalue weighted by Gasteiger charge is 2.05. The van der Waals surface area contributed by atoms with Gasteiger partial charge < -0.3 is 10.0 Å². The molecule has 0 aromatic heterocycles. The third-order valence-electron chi connectivity index (χ3n) is 3.15. The fraction of sp³-hybridized carbons (Fsp3) is 0.944.